The molecule has 7 heteroatoms. The van der Waals surface area contributed by atoms with Crippen molar-refractivity contribution in [1.82, 2.24) is 35.4 Å². The topological polar surface area (TPSA) is 85.2 Å². The lowest BCUT2D eigenvalue weighted by Crippen LogP contribution is -2.09. The second-order valence-corrected chi connectivity index (χ2v) is 2.96. The monoisotopic (exact) mass is 193 g/mol. The molecule has 2 aromatic rings. The first-order valence-electron chi connectivity index (χ1n) is 4.45. The van der Waals surface area contributed by atoms with Gasteiger partial charge in [-0.05, 0) is 17.4 Å². The summed E-state index contributed by atoms with van der Waals surface area (Å²) in [7, 11) is 0. The highest BCUT2D eigenvalue weighted by Gasteiger charge is 2.13. The van der Waals surface area contributed by atoms with Gasteiger partial charge < -0.3 is 0 Å². The first kappa shape index (κ1) is 8.79. The zero-order valence-electron chi connectivity index (χ0n) is 8.05. The molecule has 0 spiro atoms. The van der Waals surface area contributed by atoms with Gasteiger partial charge in [0.1, 0.15) is 18.2 Å². The highest BCUT2D eigenvalue weighted by Crippen LogP contribution is 2.10. The maximum absolute atomic E-state index is 4.30. The van der Waals surface area contributed by atoms with Gasteiger partial charge in [-0.15, -0.1) is 5.10 Å². The van der Waals surface area contributed by atoms with Crippen LogP contribution in [0.2, 0.25) is 0 Å². The van der Waals surface area contributed by atoms with Gasteiger partial charge in [0.05, 0.1) is 0 Å². The Labute approximate surface area is 80.5 Å². The molecular formula is C7H11N7. The van der Waals surface area contributed by atoms with Crippen LogP contribution in [0.3, 0.4) is 0 Å². The molecule has 0 aliphatic heterocycles. The zero-order chi connectivity index (χ0) is 9.97. The van der Waals surface area contributed by atoms with Crippen molar-refractivity contribution in [2.45, 2.75) is 26.3 Å². The van der Waals surface area contributed by atoms with E-state index in [0.717, 1.165) is 12.2 Å². The van der Waals surface area contributed by atoms with E-state index < -0.39 is 0 Å². The summed E-state index contributed by atoms with van der Waals surface area (Å²) in [6.07, 6.45) is 2.39. The molecule has 1 unspecified atom stereocenters. The van der Waals surface area contributed by atoms with Crippen molar-refractivity contribution in [3.8, 4) is 0 Å². The molecule has 2 aromatic heterocycles. The second-order valence-electron chi connectivity index (χ2n) is 2.96. The predicted octanol–water partition coefficient (Wildman–Crippen LogP) is -0.0371. The van der Waals surface area contributed by atoms with E-state index in [-0.39, 0.29) is 6.04 Å². The van der Waals surface area contributed by atoms with Gasteiger partial charge in [-0.1, -0.05) is 6.92 Å². The third-order valence-corrected chi connectivity index (χ3v) is 2.02. The molecule has 0 amide bonds. The number of hydrogen-bond donors (Lipinski definition) is 1. The zero-order valence-corrected chi connectivity index (χ0v) is 8.05. The van der Waals surface area contributed by atoms with Crippen LogP contribution in [0.4, 0.5) is 0 Å². The first-order valence-corrected chi connectivity index (χ1v) is 4.45. The fourth-order valence-electron chi connectivity index (χ4n) is 1.12. The Morgan fingerprint density at radius 1 is 1.57 bits per heavy atom. The van der Waals surface area contributed by atoms with Gasteiger partial charge in [0, 0.05) is 6.42 Å². The van der Waals surface area contributed by atoms with Gasteiger partial charge >= 0.3 is 0 Å². The van der Waals surface area contributed by atoms with Crippen LogP contribution < -0.4 is 0 Å². The number of hydrogen-bond acceptors (Lipinski definition) is 5. The lowest BCUT2D eigenvalue weighted by molar-refractivity contribution is 0.519. The summed E-state index contributed by atoms with van der Waals surface area (Å²) in [4.78, 5) is 4.30. The van der Waals surface area contributed by atoms with E-state index in [9.17, 15) is 0 Å². The number of nitrogens with zero attached hydrogens (tertiary/aromatic N) is 6. The Morgan fingerprint density at radius 3 is 3.00 bits per heavy atom. The van der Waals surface area contributed by atoms with Crippen molar-refractivity contribution in [3.05, 3.63) is 18.0 Å². The van der Waals surface area contributed by atoms with E-state index in [1.807, 2.05) is 13.8 Å². The molecule has 0 aromatic carbocycles. The van der Waals surface area contributed by atoms with Crippen molar-refractivity contribution in [2.24, 2.45) is 0 Å². The third-order valence-electron chi connectivity index (χ3n) is 2.02. The molecule has 0 radical (unpaired) electrons. The van der Waals surface area contributed by atoms with E-state index >= 15 is 0 Å². The number of tetrazole rings is 1. The molecule has 0 fully saturated rings. The number of H-pyrrole nitrogens is 1. The molecule has 0 saturated heterocycles. The predicted molar refractivity (Wildman–Crippen MR) is 47.4 cm³/mol. The van der Waals surface area contributed by atoms with Crippen LogP contribution in [0.1, 0.15) is 31.5 Å². The number of aryl methyl sites for hydroxylation is 1. The Kier molecular flexibility index (Phi) is 2.21. The second kappa shape index (κ2) is 3.52. The summed E-state index contributed by atoms with van der Waals surface area (Å²) in [5.41, 5.74) is 0. The van der Waals surface area contributed by atoms with Crippen molar-refractivity contribution in [1.29, 1.82) is 0 Å². The summed E-state index contributed by atoms with van der Waals surface area (Å²) in [6.45, 7) is 3.96. The summed E-state index contributed by atoms with van der Waals surface area (Å²) in [5.74, 6) is 1.58. The number of aromatic amines is 1. The minimum absolute atomic E-state index is 0.0402. The SMILES string of the molecule is CCc1nc(C(C)n2cnnn2)n[nH]1. The van der Waals surface area contributed by atoms with Crippen LogP contribution in [-0.4, -0.2) is 35.4 Å². The van der Waals surface area contributed by atoms with Gasteiger partial charge in [0.2, 0.25) is 0 Å². The average Bonchev–Trinajstić information content (AvgIpc) is 2.88. The minimum Gasteiger partial charge on any atom is -0.263 e. The highest BCUT2D eigenvalue weighted by atomic mass is 15.5. The smallest absolute Gasteiger partial charge is 0.175 e. The van der Waals surface area contributed by atoms with Crippen LogP contribution in [0.25, 0.3) is 0 Å². The quantitative estimate of drug-likeness (QED) is 0.739. The molecule has 0 bridgehead atoms. The molecular weight excluding hydrogens is 182 g/mol. The van der Waals surface area contributed by atoms with Crippen LogP contribution in [0, 0.1) is 0 Å². The molecule has 0 aliphatic rings. The lowest BCUT2D eigenvalue weighted by atomic mass is 10.3. The fraction of sp³-hybridized carbons (Fsp3) is 0.571. The first-order chi connectivity index (χ1) is 6.81. The molecule has 2 rings (SSSR count). The van der Waals surface area contributed by atoms with Crippen molar-refractivity contribution >= 4 is 0 Å². The van der Waals surface area contributed by atoms with Gasteiger partial charge in [-0.2, -0.15) is 5.10 Å². The molecule has 2 heterocycles. The van der Waals surface area contributed by atoms with E-state index in [1.54, 1.807) is 11.0 Å². The molecule has 1 N–H and O–H groups in total. The maximum atomic E-state index is 4.30. The number of nitrogens with one attached hydrogen (secondary N) is 1. The molecule has 7 nitrogen and oxygen atoms in total. The Balaban J connectivity index is 2.23. The standard InChI is InChI=1S/C7H11N7/c1-3-6-9-7(11-10-6)5(2)14-4-8-12-13-14/h4-5H,3H2,1-2H3,(H,9,10,11). The summed E-state index contributed by atoms with van der Waals surface area (Å²) in [5, 5.41) is 17.9. The largest absolute Gasteiger partial charge is 0.263 e. The van der Waals surface area contributed by atoms with E-state index in [0.29, 0.717) is 5.82 Å². The lowest BCUT2D eigenvalue weighted by Gasteiger charge is -2.04. The average molecular weight is 193 g/mol. The minimum atomic E-state index is -0.0402. The van der Waals surface area contributed by atoms with E-state index in [4.69, 9.17) is 0 Å². The Morgan fingerprint density at radius 2 is 2.43 bits per heavy atom. The number of rotatable bonds is 3. The van der Waals surface area contributed by atoms with Crippen LogP contribution >= 0.6 is 0 Å². The van der Waals surface area contributed by atoms with Gasteiger partial charge in [0.25, 0.3) is 0 Å². The third kappa shape index (κ3) is 1.48. The normalized spacial score (nSPS) is 13.0. The van der Waals surface area contributed by atoms with E-state index in [1.165, 1.54) is 0 Å². The van der Waals surface area contributed by atoms with Gasteiger partial charge in [-0.3, -0.25) is 5.10 Å². The summed E-state index contributed by atoms with van der Waals surface area (Å²) in [6, 6.07) is -0.0402. The van der Waals surface area contributed by atoms with Gasteiger partial charge in [0.15, 0.2) is 5.82 Å². The maximum Gasteiger partial charge on any atom is 0.175 e. The van der Waals surface area contributed by atoms with E-state index in [2.05, 4.69) is 30.7 Å². The molecule has 14 heavy (non-hydrogen) atoms. The molecule has 0 saturated carbocycles. The van der Waals surface area contributed by atoms with Crippen LogP contribution in [0.5, 0.6) is 0 Å². The van der Waals surface area contributed by atoms with Crippen LogP contribution in [0.15, 0.2) is 6.33 Å². The van der Waals surface area contributed by atoms with Gasteiger partial charge in [-0.25, -0.2) is 9.67 Å². The molecule has 1 atom stereocenters. The van der Waals surface area contributed by atoms with Crippen molar-refractivity contribution in [3.63, 3.8) is 0 Å². The number of aromatic nitrogens is 7. The fourth-order valence-corrected chi connectivity index (χ4v) is 1.12. The molecule has 74 valence electrons. The van der Waals surface area contributed by atoms with Crippen molar-refractivity contribution < 1.29 is 0 Å². The summed E-state index contributed by atoms with van der Waals surface area (Å²) < 4.78 is 1.61. The Hall–Kier alpha value is -1.79. The van der Waals surface area contributed by atoms with Crippen molar-refractivity contribution in [2.75, 3.05) is 0 Å². The summed E-state index contributed by atoms with van der Waals surface area (Å²) >= 11 is 0. The van der Waals surface area contributed by atoms with Crippen LogP contribution in [-0.2, 0) is 6.42 Å². The Bertz CT molecular complexity index is 390. The molecule has 0 aliphatic carbocycles. The highest BCUT2D eigenvalue weighted by molar-refractivity contribution is 4.95.